The predicted molar refractivity (Wildman–Crippen MR) is 118 cm³/mol. The van der Waals surface area contributed by atoms with Crippen molar-refractivity contribution in [2.75, 3.05) is 13.6 Å². The van der Waals surface area contributed by atoms with Crippen molar-refractivity contribution in [3.05, 3.63) is 0 Å². The van der Waals surface area contributed by atoms with Crippen LogP contribution in [0.5, 0.6) is 0 Å². The number of esters is 1. The Morgan fingerprint density at radius 2 is 1.11 bits per heavy atom. The topological polar surface area (TPSA) is 46.6 Å². The van der Waals surface area contributed by atoms with Gasteiger partial charge in [0.25, 0.3) is 0 Å². The molecule has 0 atom stereocenters. The SMILES string of the molecule is CCCCCCCCCCCCCCCCCC(=O)N(C)CC(=O)OC(C)C. The maximum absolute atomic E-state index is 12.0. The highest BCUT2D eigenvalue weighted by atomic mass is 16.5. The normalized spacial score (nSPS) is 11.0. The van der Waals surface area contributed by atoms with E-state index in [9.17, 15) is 9.59 Å². The van der Waals surface area contributed by atoms with Gasteiger partial charge in [-0.3, -0.25) is 9.59 Å². The zero-order valence-electron chi connectivity index (χ0n) is 19.3. The predicted octanol–water partition coefficient (Wildman–Crippen LogP) is 6.66. The summed E-state index contributed by atoms with van der Waals surface area (Å²) in [5, 5.41) is 0. The minimum atomic E-state index is -0.331. The van der Waals surface area contributed by atoms with Gasteiger partial charge in [0.1, 0.15) is 6.54 Å². The number of likely N-dealkylation sites (N-methyl/N-ethyl adjacent to an activating group) is 1. The highest BCUT2D eigenvalue weighted by molar-refractivity contribution is 5.81. The molecule has 0 bridgehead atoms. The van der Waals surface area contributed by atoms with Crippen LogP contribution in [0.3, 0.4) is 0 Å². The number of nitrogens with zero attached hydrogens (tertiary/aromatic N) is 1. The van der Waals surface area contributed by atoms with E-state index in [1.54, 1.807) is 7.05 Å². The zero-order chi connectivity index (χ0) is 21.0. The Hall–Kier alpha value is -1.06. The molecule has 0 N–H and O–H groups in total. The Labute approximate surface area is 174 Å². The van der Waals surface area contributed by atoms with Crippen LogP contribution in [0, 0.1) is 0 Å². The minimum Gasteiger partial charge on any atom is -0.462 e. The number of rotatable bonds is 19. The minimum absolute atomic E-state index is 0.0374. The molecular formula is C24H47NO3. The van der Waals surface area contributed by atoms with E-state index in [1.807, 2.05) is 13.8 Å². The van der Waals surface area contributed by atoms with Crippen molar-refractivity contribution in [1.29, 1.82) is 0 Å². The largest absolute Gasteiger partial charge is 0.462 e. The summed E-state index contributed by atoms with van der Waals surface area (Å²) < 4.78 is 5.07. The Morgan fingerprint density at radius 1 is 0.714 bits per heavy atom. The van der Waals surface area contributed by atoms with Crippen molar-refractivity contribution in [2.45, 2.75) is 130 Å². The van der Waals surface area contributed by atoms with Gasteiger partial charge in [0.2, 0.25) is 5.91 Å². The van der Waals surface area contributed by atoms with Crippen LogP contribution >= 0.6 is 0 Å². The van der Waals surface area contributed by atoms with Crippen molar-refractivity contribution < 1.29 is 14.3 Å². The lowest BCUT2D eigenvalue weighted by atomic mass is 10.0. The van der Waals surface area contributed by atoms with Crippen LogP contribution in [-0.4, -0.2) is 36.5 Å². The second-order valence-electron chi connectivity index (χ2n) is 8.49. The van der Waals surface area contributed by atoms with Crippen LogP contribution < -0.4 is 0 Å². The molecule has 0 aliphatic rings. The number of unbranched alkanes of at least 4 members (excludes halogenated alkanes) is 14. The maximum atomic E-state index is 12.0. The molecule has 28 heavy (non-hydrogen) atoms. The summed E-state index contributed by atoms with van der Waals surface area (Å²) in [7, 11) is 1.68. The summed E-state index contributed by atoms with van der Waals surface area (Å²) in [5.74, 6) is -0.294. The molecule has 0 saturated carbocycles. The van der Waals surface area contributed by atoms with Crippen LogP contribution in [-0.2, 0) is 14.3 Å². The van der Waals surface area contributed by atoms with Crippen molar-refractivity contribution in [3.63, 3.8) is 0 Å². The van der Waals surface area contributed by atoms with Gasteiger partial charge in [-0.05, 0) is 20.3 Å². The van der Waals surface area contributed by atoms with E-state index in [4.69, 9.17) is 4.74 Å². The van der Waals surface area contributed by atoms with Gasteiger partial charge in [-0.15, -0.1) is 0 Å². The van der Waals surface area contributed by atoms with E-state index in [-0.39, 0.29) is 24.5 Å². The van der Waals surface area contributed by atoms with Crippen molar-refractivity contribution in [2.24, 2.45) is 0 Å². The van der Waals surface area contributed by atoms with Gasteiger partial charge in [-0.1, -0.05) is 96.8 Å². The fraction of sp³-hybridized carbons (Fsp3) is 0.917. The summed E-state index contributed by atoms with van der Waals surface area (Å²) in [6.45, 7) is 5.95. The average Bonchev–Trinajstić information content (AvgIpc) is 2.63. The number of hydrogen-bond donors (Lipinski definition) is 0. The summed E-state index contributed by atoms with van der Waals surface area (Å²) in [5.41, 5.74) is 0. The van der Waals surface area contributed by atoms with Crippen LogP contribution in [0.4, 0.5) is 0 Å². The van der Waals surface area contributed by atoms with E-state index in [0.29, 0.717) is 6.42 Å². The number of carbonyl (C=O) groups is 2. The number of hydrogen-bond acceptors (Lipinski definition) is 3. The van der Waals surface area contributed by atoms with E-state index in [2.05, 4.69) is 6.92 Å². The lowest BCUT2D eigenvalue weighted by molar-refractivity contribution is -0.151. The molecular weight excluding hydrogens is 350 g/mol. The molecule has 0 unspecified atom stereocenters. The standard InChI is InChI=1S/C24H47NO3/c1-5-6-7-8-9-10-11-12-13-14-15-16-17-18-19-20-23(26)25(4)21-24(27)28-22(2)3/h22H,5-21H2,1-4H3. The number of carbonyl (C=O) groups excluding carboxylic acids is 2. The third-order valence-corrected chi connectivity index (χ3v) is 5.15. The molecule has 0 aromatic rings. The lowest BCUT2D eigenvalue weighted by Gasteiger charge is -2.17. The Balaban J connectivity index is 3.36. The Kier molecular flexibility index (Phi) is 18.5. The average molecular weight is 398 g/mol. The maximum Gasteiger partial charge on any atom is 0.325 e. The van der Waals surface area contributed by atoms with E-state index < -0.39 is 0 Å². The van der Waals surface area contributed by atoms with E-state index in [0.717, 1.165) is 12.8 Å². The lowest BCUT2D eigenvalue weighted by Crippen LogP contribution is -2.33. The molecule has 0 spiro atoms. The van der Waals surface area contributed by atoms with Crippen molar-refractivity contribution in [1.82, 2.24) is 4.90 Å². The molecule has 4 nitrogen and oxygen atoms in total. The molecule has 4 heteroatoms. The van der Waals surface area contributed by atoms with Crippen LogP contribution in [0.2, 0.25) is 0 Å². The molecule has 0 saturated heterocycles. The van der Waals surface area contributed by atoms with Gasteiger partial charge < -0.3 is 9.64 Å². The van der Waals surface area contributed by atoms with Crippen LogP contribution in [0.1, 0.15) is 124 Å². The van der Waals surface area contributed by atoms with Gasteiger partial charge in [0.05, 0.1) is 6.10 Å². The summed E-state index contributed by atoms with van der Waals surface area (Å²) in [6.07, 6.45) is 20.2. The molecule has 1 amide bonds. The van der Waals surface area contributed by atoms with Gasteiger partial charge in [-0.2, -0.15) is 0 Å². The highest BCUT2D eigenvalue weighted by Gasteiger charge is 2.14. The monoisotopic (exact) mass is 397 g/mol. The molecule has 0 rings (SSSR count). The van der Waals surface area contributed by atoms with Gasteiger partial charge in [-0.25, -0.2) is 0 Å². The van der Waals surface area contributed by atoms with Crippen LogP contribution in [0.25, 0.3) is 0 Å². The van der Waals surface area contributed by atoms with Crippen LogP contribution in [0.15, 0.2) is 0 Å². The highest BCUT2D eigenvalue weighted by Crippen LogP contribution is 2.14. The fourth-order valence-corrected chi connectivity index (χ4v) is 3.42. The van der Waals surface area contributed by atoms with E-state index in [1.165, 1.54) is 88.4 Å². The number of amides is 1. The van der Waals surface area contributed by atoms with E-state index >= 15 is 0 Å². The quantitative estimate of drug-likeness (QED) is 0.181. The molecule has 0 aliphatic heterocycles. The second-order valence-corrected chi connectivity index (χ2v) is 8.49. The molecule has 0 aromatic carbocycles. The Bertz CT molecular complexity index is 382. The third kappa shape index (κ3) is 18.3. The molecule has 0 radical (unpaired) electrons. The fourth-order valence-electron chi connectivity index (χ4n) is 3.42. The second kappa shape index (κ2) is 19.3. The molecule has 0 aliphatic carbocycles. The third-order valence-electron chi connectivity index (χ3n) is 5.15. The zero-order valence-corrected chi connectivity index (χ0v) is 19.3. The van der Waals surface area contributed by atoms with Gasteiger partial charge >= 0.3 is 5.97 Å². The smallest absolute Gasteiger partial charge is 0.325 e. The molecule has 0 aromatic heterocycles. The summed E-state index contributed by atoms with van der Waals surface area (Å²) in [6, 6.07) is 0. The molecule has 0 fully saturated rings. The van der Waals surface area contributed by atoms with Crippen molar-refractivity contribution >= 4 is 11.9 Å². The summed E-state index contributed by atoms with van der Waals surface area (Å²) >= 11 is 0. The van der Waals surface area contributed by atoms with Gasteiger partial charge in [0.15, 0.2) is 0 Å². The first-order valence-corrected chi connectivity index (χ1v) is 11.9. The first-order chi connectivity index (χ1) is 13.5. The van der Waals surface area contributed by atoms with Gasteiger partial charge in [0, 0.05) is 13.5 Å². The number of ether oxygens (including phenoxy) is 1. The molecule has 166 valence electrons. The first-order valence-electron chi connectivity index (χ1n) is 11.9. The first kappa shape index (κ1) is 26.9. The Morgan fingerprint density at radius 3 is 1.50 bits per heavy atom. The summed E-state index contributed by atoms with van der Waals surface area (Å²) in [4.78, 5) is 25.1. The van der Waals surface area contributed by atoms with Crippen molar-refractivity contribution in [3.8, 4) is 0 Å². The molecule has 0 heterocycles.